The van der Waals surface area contributed by atoms with Crippen LogP contribution in [0.2, 0.25) is 0 Å². The van der Waals surface area contributed by atoms with Crippen LogP contribution in [0.1, 0.15) is 28.4 Å². The van der Waals surface area contributed by atoms with E-state index in [0.717, 1.165) is 22.6 Å². The van der Waals surface area contributed by atoms with Crippen molar-refractivity contribution < 1.29 is 13.9 Å². The lowest BCUT2D eigenvalue weighted by Crippen LogP contribution is -2.31. The van der Waals surface area contributed by atoms with Crippen molar-refractivity contribution in [1.29, 1.82) is 0 Å². The van der Waals surface area contributed by atoms with Gasteiger partial charge in [0.05, 0.1) is 18.7 Å². The average molecular weight is 317 g/mol. The van der Waals surface area contributed by atoms with Crippen molar-refractivity contribution >= 4 is 17.7 Å². The smallest absolute Gasteiger partial charge is 0.255 e. The van der Waals surface area contributed by atoms with E-state index in [9.17, 15) is 9.18 Å². The zero-order valence-electron chi connectivity index (χ0n) is 12.1. The van der Waals surface area contributed by atoms with Gasteiger partial charge in [0.25, 0.3) is 5.91 Å². The summed E-state index contributed by atoms with van der Waals surface area (Å²) in [5.74, 6) is 0.946. The van der Waals surface area contributed by atoms with Crippen molar-refractivity contribution in [3.8, 4) is 5.75 Å². The SMILES string of the molecule is COc1ccccc1C(=O)N[C@@H]1CCSc2ccc(F)cc21. The van der Waals surface area contributed by atoms with Gasteiger partial charge in [-0.25, -0.2) is 4.39 Å². The van der Waals surface area contributed by atoms with Crippen LogP contribution < -0.4 is 10.1 Å². The molecular formula is C17H16FNO2S. The third-order valence-corrected chi connectivity index (χ3v) is 4.79. The number of halogens is 1. The molecular weight excluding hydrogens is 301 g/mol. The summed E-state index contributed by atoms with van der Waals surface area (Å²) < 4.78 is 18.7. The fourth-order valence-corrected chi connectivity index (χ4v) is 3.69. The van der Waals surface area contributed by atoms with Gasteiger partial charge < -0.3 is 10.1 Å². The molecule has 2 aromatic carbocycles. The van der Waals surface area contributed by atoms with E-state index in [0.29, 0.717) is 11.3 Å². The topological polar surface area (TPSA) is 38.3 Å². The molecule has 0 aliphatic carbocycles. The number of nitrogens with one attached hydrogen (secondary N) is 1. The molecule has 1 aliphatic heterocycles. The molecule has 0 spiro atoms. The normalized spacial score (nSPS) is 16.7. The van der Waals surface area contributed by atoms with Crippen LogP contribution >= 0.6 is 11.8 Å². The van der Waals surface area contributed by atoms with Gasteiger partial charge in [0.15, 0.2) is 0 Å². The van der Waals surface area contributed by atoms with E-state index in [-0.39, 0.29) is 17.8 Å². The first-order chi connectivity index (χ1) is 10.7. The van der Waals surface area contributed by atoms with Gasteiger partial charge in [-0.3, -0.25) is 4.79 Å². The van der Waals surface area contributed by atoms with E-state index >= 15 is 0 Å². The molecule has 0 aromatic heterocycles. The van der Waals surface area contributed by atoms with Crippen molar-refractivity contribution in [2.24, 2.45) is 0 Å². The van der Waals surface area contributed by atoms with Gasteiger partial charge in [-0.15, -0.1) is 11.8 Å². The van der Waals surface area contributed by atoms with E-state index < -0.39 is 0 Å². The number of methoxy groups -OCH3 is 1. The molecule has 3 rings (SSSR count). The second-order valence-electron chi connectivity index (χ2n) is 5.05. The van der Waals surface area contributed by atoms with Gasteiger partial charge in [0.1, 0.15) is 11.6 Å². The Morgan fingerprint density at radius 1 is 1.32 bits per heavy atom. The minimum absolute atomic E-state index is 0.177. The van der Waals surface area contributed by atoms with Crippen LogP contribution in [-0.4, -0.2) is 18.8 Å². The highest BCUT2D eigenvalue weighted by Crippen LogP contribution is 2.36. The van der Waals surface area contributed by atoms with Crippen LogP contribution in [0.3, 0.4) is 0 Å². The Morgan fingerprint density at radius 2 is 2.14 bits per heavy atom. The predicted molar refractivity (Wildman–Crippen MR) is 84.9 cm³/mol. The second-order valence-corrected chi connectivity index (χ2v) is 6.18. The lowest BCUT2D eigenvalue weighted by molar-refractivity contribution is 0.0932. The van der Waals surface area contributed by atoms with E-state index in [1.54, 1.807) is 36.0 Å². The van der Waals surface area contributed by atoms with E-state index in [1.165, 1.54) is 19.2 Å². The molecule has 1 heterocycles. The maximum Gasteiger partial charge on any atom is 0.255 e. The van der Waals surface area contributed by atoms with Crippen molar-refractivity contribution in [2.75, 3.05) is 12.9 Å². The van der Waals surface area contributed by atoms with E-state index in [1.807, 2.05) is 6.07 Å². The first kappa shape index (κ1) is 14.9. The molecule has 0 unspecified atom stereocenters. The lowest BCUT2D eigenvalue weighted by Gasteiger charge is -2.26. The third kappa shape index (κ3) is 2.95. The number of amides is 1. The van der Waals surface area contributed by atoms with Gasteiger partial charge in [-0.05, 0) is 42.3 Å². The first-order valence-corrected chi connectivity index (χ1v) is 8.03. The highest BCUT2D eigenvalue weighted by molar-refractivity contribution is 7.99. The number of para-hydroxylation sites is 1. The van der Waals surface area contributed by atoms with Crippen molar-refractivity contribution in [1.82, 2.24) is 5.32 Å². The Balaban J connectivity index is 1.85. The summed E-state index contributed by atoms with van der Waals surface area (Å²) in [6.07, 6.45) is 0.780. The molecule has 1 atom stereocenters. The number of hydrogen-bond acceptors (Lipinski definition) is 3. The fraction of sp³-hybridized carbons (Fsp3) is 0.235. The summed E-state index contributed by atoms with van der Waals surface area (Å²) in [6, 6.07) is 11.6. The van der Waals surface area contributed by atoms with Crippen LogP contribution in [0.15, 0.2) is 47.4 Å². The standard InChI is InChI=1S/C17H16FNO2S/c1-21-15-5-3-2-4-12(15)17(20)19-14-8-9-22-16-7-6-11(18)10-13(14)16/h2-7,10,14H,8-9H2,1H3,(H,19,20)/t14-/m1/s1. The molecule has 0 bridgehead atoms. The second kappa shape index (κ2) is 6.40. The van der Waals surface area contributed by atoms with Gasteiger partial charge >= 0.3 is 0 Å². The van der Waals surface area contributed by atoms with Crippen molar-refractivity contribution in [3.63, 3.8) is 0 Å². The minimum Gasteiger partial charge on any atom is -0.496 e. The maximum atomic E-state index is 13.5. The molecule has 0 saturated heterocycles. The predicted octanol–water partition coefficient (Wildman–Crippen LogP) is 3.80. The molecule has 1 amide bonds. The maximum absolute atomic E-state index is 13.5. The molecule has 0 fully saturated rings. The Hall–Kier alpha value is -2.01. The molecule has 0 radical (unpaired) electrons. The van der Waals surface area contributed by atoms with Gasteiger partial charge in [0.2, 0.25) is 0 Å². The molecule has 22 heavy (non-hydrogen) atoms. The van der Waals surface area contributed by atoms with Crippen molar-refractivity contribution in [2.45, 2.75) is 17.4 Å². The summed E-state index contributed by atoms with van der Waals surface area (Å²) in [5.41, 5.74) is 1.33. The fourth-order valence-electron chi connectivity index (χ4n) is 2.58. The van der Waals surface area contributed by atoms with Crippen LogP contribution in [0.4, 0.5) is 4.39 Å². The summed E-state index contributed by atoms with van der Waals surface area (Å²) >= 11 is 1.69. The molecule has 2 aromatic rings. The Morgan fingerprint density at radius 3 is 2.95 bits per heavy atom. The molecule has 1 N–H and O–H groups in total. The summed E-state index contributed by atoms with van der Waals surface area (Å²) in [7, 11) is 1.54. The zero-order chi connectivity index (χ0) is 15.5. The number of hydrogen-bond donors (Lipinski definition) is 1. The number of carbonyl (C=O) groups is 1. The van der Waals surface area contributed by atoms with Crippen molar-refractivity contribution in [3.05, 3.63) is 59.4 Å². The Bertz CT molecular complexity index is 705. The van der Waals surface area contributed by atoms with Gasteiger partial charge in [-0.1, -0.05) is 12.1 Å². The van der Waals surface area contributed by atoms with Crippen LogP contribution in [-0.2, 0) is 0 Å². The Labute approximate surface area is 132 Å². The van der Waals surface area contributed by atoms with E-state index in [4.69, 9.17) is 4.74 Å². The molecule has 5 heteroatoms. The molecule has 1 aliphatic rings. The lowest BCUT2D eigenvalue weighted by atomic mass is 10.0. The highest BCUT2D eigenvalue weighted by Gasteiger charge is 2.24. The van der Waals surface area contributed by atoms with Crippen LogP contribution in [0.5, 0.6) is 5.75 Å². The Kier molecular flexibility index (Phi) is 4.34. The highest BCUT2D eigenvalue weighted by atomic mass is 32.2. The number of thioether (sulfide) groups is 1. The van der Waals surface area contributed by atoms with Crippen LogP contribution in [0, 0.1) is 5.82 Å². The van der Waals surface area contributed by atoms with Gasteiger partial charge in [0, 0.05) is 10.6 Å². The van der Waals surface area contributed by atoms with E-state index in [2.05, 4.69) is 5.32 Å². The number of ether oxygens (including phenoxy) is 1. The number of rotatable bonds is 3. The average Bonchev–Trinajstić information content (AvgIpc) is 2.55. The molecule has 0 saturated carbocycles. The molecule has 114 valence electrons. The number of fused-ring (bicyclic) bond motifs is 1. The summed E-state index contributed by atoms with van der Waals surface area (Å²) in [6.45, 7) is 0. The van der Waals surface area contributed by atoms with Gasteiger partial charge in [-0.2, -0.15) is 0 Å². The third-order valence-electron chi connectivity index (χ3n) is 3.67. The quantitative estimate of drug-likeness (QED) is 0.936. The largest absolute Gasteiger partial charge is 0.496 e. The first-order valence-electron chi connectivity index (χ1n) is 7.05. The minimum atomic E-state index is -0.280. The molecule has 3 nitrogen and oxygen atoms in total. The summed E-state index contributed by atoms with van der Waals surface area (Å²) in [4.78, 5) is 13.5. The number of benzene rings is 2. The number of carbonyl (C=O) groups excluding carboxylic acids is 1. The zero-order valence-corrected chi connectivity index (χ0v) is 13.0. The monoisotopic (exact) mass is 317 g/mol. The summed E-state index contributed by atoms with van der Waals surface area (Å²) in [5, 5.41) is 2.99. The van der Waals surface area contributed by atoms with Crippen LogP contribution in [0.25, 0.3) is 0 Å².